The summed E-state index contributed by atoms with van der Waals surface area (Å²) in [5.74, 6) is 0. The maximum absolute atomic E-state index is 3.41. The first-order chi connectivity index (χ1) is 2.89. The molecule has 0 aliphatic carbocycles. The minimum absolute atomic E-state index is 0.151. The predicted molar refractivity (Wildman–Crippen MR) is 31.7 cm³/mol. The molecule has 0 aromatic carbocycles. The van der Waals surface area contributed by atoms with Gasteiger partial charge in [-0.2, -0.15) is 0 Å². The molecule has 0 aromatic heterocycles. The predicted octanol–water partition coefficient (Wildman–Crippen LogP) is -0.361. The van der Waals surface area contributed by atoms with E-state index in [9.17, 15) is 0 Å². The molecule has 31 valence electrons. The normalized spacial score (nSPS) is 18.5. The van der Waals surface area contributed by atoms with Gasteiger partial charge in [-0.3, -0.25) is 0 Å². The van der Waals surface area contributed by atoms with Crippen molar-refractivity contribution in [1.82, 2.24) is 0 Å². The standard InChI is InChI=1S/C4H4.2Sb.H/c1-4(2)3;;;/h1H,2H3;;;. The van der Waals surface area contributed by atoms with Gasteiger partial charge in [0.05, 0.1) is 0 Å². The van der Waals surface area contributed by atoms with Crippen molar-refractivity contribution < 1.29 is 0 Å². The zero-order valence-corrected chi connectivity index (χ0v) is 8.93. The van der Waals surface area contributed by atoms with E-state index in [4.69, 9.17) is 0 Å². The Bertz CT molecular complexity index is 99.4. The van der Waals surface area contributed by atoms with Crippen LogP contribution in [0.4, 0.5) is 0 Å². The Morgan fingerprint density at radius 1 is 2.00 bits per heavy atom. The summed E-state index contributed by atoms with van der Waals surface area (Å²) >= 11 is 0.394. The van der Waals surface area contributed by atoms with Crippen LogP contribution in [0.1, 0.15) is 6.92 Å². The minimum atomic E-state index is 0.151. The molecule has 0 atom stereocenters. The summed E-state index contributed by atoms with van der Waals surface area (Å²) in [5.41, 5.74) is 1.47. The van der Waals surface area contributed by atoms with Crippen LogP contribution in [-0.4, -0.2) is 38.4 Å². The Morgan fingerprint density at radius 2 is 2.83 bits per heavy atom. The molecule has 1 rings (SSSR count). The van der Waals surface area contributed by atoms with Crippen molar-refractivity contribution >= 4 is 38.4 Å². The van der Waals surface area contributed by atoms with Crippen LogP contribution >= 0.6 is 0 Å². The third-order valence-electron chi connectivity index (χ3n) is 0.578. The number of rotatable bonds is 0. The van der Waals surface area contributed by atoms with Gasteiger partial charge in [-0.05, 0) is 0 Å². The van der Waals surface area contributed by atoms with Crippen LogP contribution in [0.15, 0.2) is 9.60 Å². The molecule has 0 aromatic rings. The van der Waals surface area contributed by atoms with E-state index < -0.39 is 0 Å². The summed E-state index contributed by atoms with van der Waals surface area (Å²) in [7, 11) is 0. The zero-order chi connectivity index (χ0) is 4.41. The topological polar surface area (TPSA) is 0 Å². The third kappa shape index (κ3) is 1.39. The summed E-state index contributed by atoms with van der Waals surface area (Å²) in [6.45, 7) is 2.17. The maximum atomic E-state index is 3.41. The van der Waals surface area contributed by atoms with Gasteiger partial charge in [-0.25, -0.2) is 0 Å². The summed E-state index contributed by atoms with van der Waals surface area (Å²) in [4.78, 5) is 0. The zero-order valence-electron chi connectivity index (χ0n) is 3.52. The van der Waals surface area contributed by atoms with Crippen LogP contribution < -0.4 is 0 Å². The van der Waals surface area contributed by atoms with Gasteiger partial charge in [-0.15, -0.1) is 0 Å². The average molecular weight is 297 g/mol. The molecule has 2 heteroatoms. The summed E-state index contributed by atoms with van der Waals surface area (Å²) in [6.07, 6.45) is 0. The average Bonchev–Trinajstić information content (AvgIpc) is 1.86. The molecule has 0 N–H and O–H groups in total. The van der Waals surface area contributed by atoms with Gasteiger partial charge in [0.1, 0.15) is 0 Å². The molecule has 0 fully saturated rings. The molecule has 1 aliphatic rings. The molecule has 1 aliphatic heterocycles. The van der Waals surface area contributed by atoms with E-state index in [1.54, 1.807) is 0 Å². The molecular formula is C4H5Sb2. The van der Waals surface area contributed by atoms with E-state index in [1.807, 2.05) is 0 Å². The van der Waals surface area contributed by atoms with Crippen LogP contribution in [0.2, 0.25) is 0 Å². The molecule has 0 bridgehead atoms. The number of allylic oxidation sites excluding steroid dienone is 1. The van der Waals surface area contributed by atoms with Crippen LogP contribution in [0, 0.1) is 0 Å². The quantitative estimate of drug-likeness (QED) is 0.536. The second-order valence-corrected chi connectivity index (χ2v) is 13.2. The van der Waals surface area contributed by atoms with Gasteiger partial charge in [-0.1, -0.05) is 0 Å². The van der Waals surface area contributed by atoms with Crippen molar-refractivity contribution in [1.29, 1.82) is 0 Å². The van der Waals surface area contributed by atoms with Gasteiger partial charge < -0.3 is 0 Å². The van der Waals surface area contributed by atoms with Crippen molar-refractivity contribution in [3.05, 3.63) is 9.60 Å². The summed E-state index contributed by atoms with van der Waals surface area (Å²) in [5, 5.41) is 0. The van der Waals surface area contributed by atoms with Crippen LogP contribution in [0.3, 0.4) is 0 Å². The second kappa shape index (κ2) is 2.53. The second-order valence-electron chi connectivity index (χ2n) is 1.18. The van der Waals surface area contributed by atoms with Crippen molar-refractivity contribution in [3.8, 4) is 0 Å². The molecule has 0 nitrogen and oxygen atoms in total. The van der Waals surface area contributed by atoms with E-state index in [1.165, 1.54) is 5.57 Å². The van der Waals surface area contributed by atoms with Crippen LogP contribution in [0.25, 0.3) is 0 Å². The molecular weight excluding hydrogens is 292 g/mol. The monoisotopic (exact) mass is 295 g/mol. The Balaban J connectivity index is 2.68. The van der Waals surface area contributed by atoms with Crippen LogP contribution in [-0.2, 0) is 0 Å². The van der Waals surface area contributed by atoms with Gasteiger partial charge in [0.2, 0.25) is 0 Å². The molecule has 0 saturated heterocycles. The van der Waals surface area contributed by atoms with Crippen LogP contribution in [0.5, 0.6) is 0 Å². The van der Waals surface area contributed by atoms with E-state index in [-0.39, 0.29) is 34.5 Å². The van der Waals surface area contributed by atoms with Gasteiger partial charge in [0.15, 0.2) is 0 Å². The first-order valence-electron chi connectivity index (χ1n) is 1.77. The van der Waals surface area contributed by atoms with Gasteiger partial charge in [0.25, 0.3) is 0 Å². The number of hydrogen-bond acceptors (Lipinski definition) is 0. The van der Waals surface area contributed by atoms with E-state index in [2.05, 4.69) is 14.9 Å². The van der Waals surface area contributed by atoms with Crippen molar-refractivity contribution in [2.24, 2.45) is 0 Å². The Kier molecular flexibility index (Phi) is 2.27. The fraction of sp³-hybridized carbons (Fsp3) is 0.250. The number of hydrogen-bond donors (Lipinski definition) is 0. The van der Waals surface area contributed by atoms with E-state index >= 15 is 0 Å². The first kappa shape index (κ1) is 5.38. The van der Waals surface area contributed by atoms with Crippen molar-refractivity contribution in [3.63, 3.8) is 0 Å². The molecule has 0 unspecified atom stereocenters. The molecule has 0 amide bonds. The van der Waals surface area contributed by atoms with Crippen molar-refractivity contribution in [2.45, 2.75) is 6.92 Å². The summed E-state index contributed by atoms with van der Waals surface area (Å²) in [6, 6.07) is 0. The van der Waals surface area contributed by atoms with Gasteiger partial charge in [0, 0.05) is 0 Å². The SMILES string of the molecule is CC1=[CH][SbH][Sb]=[C]1. The van der Waals surface area contributed by atoms with E-state index in [0.717, 1.165) is 0 Å². The molecule has 1 radical (unpaired) electrons. The molecule has 6 heavy (non-hydrogen) atoms. The van der Waals surface area contributed by atoms with E-state index in [0.29, 0.717) is 0 Å². The fourth-order valence-electron chi connectivity index (χ4n) is 0.282. The Hall–Kier alpha value is 1.25. The fourth-order valence-corrected chi connectivity index (χ4v) is 12.7. The Labute approximate surface area is 54.4 Å². The summed E-state index contributed by atoms with van der Waals surface area (Å²) < 4.78 is 5.85. The van der Waals surface area contributed by atoms with Gasteiger partial charge >= 0.3 is 55.0 Å². The molecule has 1 heterocycles. The third-order valence-corrected chi connectivity index (χ3v) is 11.0. The first-order valence-corrected chi connectivity index (χ1v) is 14.5. The van der Waals surface area contributed by atoms with Crippen molar-refractivity contribution in [2.75, 3.05) is 0 Å². The molecule has 0 saturated carbocycles. The molecule has 0 spiro atoms. The Morgan fingerprint density at radius 3 is 3.00 bits per heavy atom.